The standard InChI is InChI=1S/C16H15BrN2O4/c1-11-8-12(17)5-6-13(11)18-14(20)10-23-16(22)9-19-7-3-2-4-15(19)21/h2-8H,9-10H2,1H3,(H,18,20). The van der Waals surface area contributed by atoms with E-state index in [2.05, 4.69) is 21.2 Å². The molecule has 2 aromatic rings. The highest BCUT2D eigenvalue weighted by Crippen LogP contribution is 2.19. The Morgan fingerprint density at radius 3 is 2.74 bits per heavy atom. The largest absolute Gasteiger partial charge is 0.454 e. The third-order valence-corrected chi connectivity index (χ3v) is 3.52. The predicted molar refractivity (Wildman–Crippen MR) is 89.2 cm³/mol. The van der Waals surface area contributed by atoms with Gasteiger partial charge >= 0.3 is 5.97 Å². The first kappa shape index (κ1) is 17.0. The fraction of sp³-hybridized carbons (Fsp3) is 0.188. The van der Waals surface area contributed by atoms with Gasteiger partial charge in [-0.2, -0.15) is 0 Å². The maximum absolute atomic E-state index is 11.8. The predicted octanol–water partition coefficient (Wildman–Crippen LogP) is 2.10. The van der Waals surface area contributed by atoms with E-state index in [1.807, 2.05) is 13.0 Å². The topological polar surface area (TPSA) is 77.4 Å². The lowest BCUT2D eigenvalue weighted by Gasteiger charge is -2.09. The summed E-state index contributed by atoms with van der Waals surface area (Å²) in [6, 6.07) is 9.98. The maximum Gasteiger partial charge on any atom is 0.326 e. The molecule has 23 heavy (non-hydrogen) atoms. The van der Waals surface area contributed by atoms with Crippen LogP contribution in [0.15, 0.2) is 51.9 Å². The number of nitrogens with zero attached hydrogens (tertiary/aromatic N) is 1. The third-order valence-electron chi connectivity index (χ3n) is 3.03. The lowest BCUT2D eigenvalue weighted by Crippen LogP contribution is -2.27. The number of aromatic nitrogens is 1. The van der Waals surface area contributed by atoms with E-state index in [0.717, 1.165) is 10.0 Å². The van der Waals surface area contributed by atoms with Crippen molar-refractivity contribution in [3.63, 3.8) is 0 Å². The smallest absolute Gasteiger partial charge is 0.326 e. The van der Waals surface area contributed by atoms with E-state index in [9.17, 15) is 14.4 Å². The summed E-state index contributed by atoms with van der Waals surface area (Å²) in [6.07, 6.45) is 1.48. The van der Waals surface area contributed by atoms with Crippen molar-refractivity contribution < 1.29 is 14.3 Å². The lowest BCUT2D eigenvalue weighted by atomic mass is 10.2. The Kier molecular flexibility index (Phi) is 5.70. The summed E-state index contributed by atoms with van der Waals surface area (Å²) >= 11 is 3.34. The van der Waals surface area contributed by atoms with Crippen LogP contribution >= 0.6 is 15.9 Å². The number of nitrogens with one attached hydrogen (secondary N) is 1. The van der Waals surface area contributed by atoms with Crippen LogP contribution in [0.25, 0.3) is 0 Å². The Hall–Kier alpha value is -2.41. The molecule has 0 spiro atoms. The molecule has 1 amide bonds. The minimum Gasteiger partial charge on any atom is -0.454 e. The SMILES string of the molecule is Cc1cc(Br)ccc1NC(=O)COC(=O)Cn1ccccc1=O. The van der Waals surface area contributed by atoms with Gasteiger partial charge in [0.05, 0.1) is 0 Å². The molecule has 0 saturated heterocycles. The van der Waals surface area contributed by atoms with Crippen LogP contribution in [0.5, 0.6) is 0 Å². The minimum absolute atomic E-state index is 0.232. The molecular weight excluding hydrogens is 364 g/mol. The third kappa shape index (κ3) is 5.07. The molecular formula is C16H15BrN2O4. The van der Waals surface area contributed by atoms with Crippen LogP contribution in [0.2, 0.25) is 0 Å². The number of pyridine rings is 1. The minimum atomic E-state index is -0.652. The van der Waals surface area contributed by atoms with Gasteiger partial charge in [0.2, 0.25) is 0 Å². The van der Waals surface area contributed by atoms with Gasteiger partial charge in [0.15, 0.2) is 6.61 Å². The quantitative estimate of drug-likeness (QED) is 0.808. The number of rotatable bonds is 5. The van der Waals surface area contributed by atoms with E-state index in [1.165, 1.54) is 16.8 Å². The Labute approximate surface area is 141 Å². The van der Waals surface area contributed by atoms with Crippen LogP contribution in [-0.4, -0.2) is 23.1 Å². The molecule has 0 unspecified atom stereocenters. The van der Waals surface area contributed by atoms with Crippen molar-refractivity contribution in [2.45, 2.75) is 13.5 Å². The lowest BCUT2D eigenvalue weighted by molar-refractivity contribution is -0.147. The molecule has 0 fully saturated rings. The van der Waals surface area contributed by atoms with E-state index in [0.29, 0.717) is 5.69 Å². The van der Waals surface area contributed by atoms with E-state index in [4.69, 9.17) is 4.74 Å². The molecule has 1 N–H and O–H groups in total. The zero-order valence-corrected chi connectivity index (χ0v) is 14.0. The number of hydrogen-bond donors (Lipinski definition) is 1. The number of halogens is 1. The summed E-state index contributed by atoms with van der Waals surface area (Å²) in [6.45, 7) is 1.22. The number of hydrogen-bond acceptors (Lipinski definition) is 4. The van der Waals surface area contributed by atoms with Gasteiger partial charge in [0.1, 0.15) is 6.54 Å². The Morgan fingerprint density at radius 1 is 1.26 bits per heavy atom. The Balaban J connectivity index is 1.85. The number of carbonyl (C=O) groups excluding carboxylic acids is 2. The zero-order valence-electron chi connectivity index (χ0n) is 12.4. The molecule has 1 aromatic carbocycles. The molecule has 0 aliphatic rings. The van der Waals surface area contributed by atoms with E-state index in [1.54, 1.807) is 24.3 Å². The van der Waals surface area contributed by atoms with E-state index >= 15 is 0 Å². The second kappa shape index (κ2) is 7.73. The first-order valence-electron chi connectivity index (χ1n) is 6.83. The first-order chi connectivity index (χ1) is 11.0. The van der Waals surface area contributed by atoms with Gasteiger partial charge in [-0.1, -0.05) is 22.0 Å². The number of ether oxygens (including phenoxy) is 1. The van der Waals surface area contributed by atoms with Crippen LogP contribution in [0.1, 0.15) is 5.56 Å². The maximum atomic E-state index is 11.8. The summed E-state index contributed by atoms with van der Waals surface area (Å²) in [5, 5.41) is 2.66. The second-order valence-electron chi connectivity index (χ2n) is 4.83. The van der Waals surface area contributed by atoms with Gasteiger partial charge < -0.3 is 14.6 Å². The van der Waals surface area contributed by atoms with Gasteiger partial charge in [-0.3, -0.25) is 14.4 Å². The fourth-order valence-electron chi connectivity index (χ4n) is 1.88. The van der Waals surface area contributed by atoms with Crippen molar-refractivity contribution in [1.29, 1.82) is 0 Å². The van der Waals surface area contributed by atoms with E-state index in [-0.39, 0.29) is 12.1 Å². The highest BCUT2D eigenvalue weighted by atomic mass is 79.9. The highest BCUT2D eigenvalue weighted by molar-refractivity contribution is 9.10. The molecule has 0 atom stereocenters. The van der Waals surface area contributed by atoms with Crippen molar-refractivity contribution >= 4 is 33.5 Å². The molecule has 0 aliphatic carbocycles. The van der Waals surface area contributed by atoms with Gasteiger partial charge in [-0.15, -0.1) is 0 Å². The summed E-state index contributed by atoms with van der Waals surface area (Å²) in [7, 11) is 0. The summed E-state index contributed by atoms with van der Waals surface area (Å²) in [4.78, 5) is 34.9. The molecule has 1 heterocycles. The molecule has 0 saturated carbocycles. The Morgan fingerprint density at radius 2 is 2.04 bits per heavy atom. The van der Waals surface area contributed by atoms with E-state index < -0.39 is 18.5 Å². The van der Waals surface area contributed by atoms with Crippen LogP contribution in [-0.2, 0) is 20.9 Å². The average molecular weight is 379 g/mol. The molecule has 6 nitrogen and oxygen atoms in total. The van der Waals surface area contributed by atoms with Crippen LogP contribution in [0, 0.1) is 6.92 Å². The number of esters is 1. The number of carbonyl (C=O) groups is 2. The van der Waals surface area contributed by atoms with Crippen molar-refractivity contribution in [3.8, 4) is 0 Å². The fourth-order valence-corrected chi connectivity index (χ4v) is 2.35. The molecule has 0 aliphatic heterocycles. The first-order valence-corrected chi connectivity index (χ1v) is 7.62. The molecule has 2 rings (SSSR count). The van der Waals surface area contributed by atoms with Crippen LogP contribution < -0.4 is 10.9 Å². The Bertz CT molecular complexity index is 786. The van der Waals surface area contributed by atoms with Gasteiger partial charge in [0, 0.05) is 22.4 Å². The number of benzene rings is 1. The van der Waals surface area contributed by atoms with Gasteiger partial charge in [-0.25, -0.2) is 0 Å². The highest BCUT2D eigenvalue weighted by Gasteiger charge is 2.10. The monoisotopic (exact) mass is 378 g/mol. The molecule has 7 heteroatoms. The van der Waals surface area contributed by atoms with Crippen molar-refractivity contribution in [3.05, 3.63) is 63.0 Å². The van der Waals surface area contributed by atoms with Crippen molar-refractivity contribution in [2.24, 2.45) is 0 Å². The van der Waals surface area contributed by atoms with Gasteiger partial charge in [0.25, 0.3) is 11.5 Å². The number of anilines is 1. The van der Waals surface area contributed by atoms with Crippen LogP contribution in [0.4, 0.5) is 5.69 Å². The zero-order chi connectivity index (χ0) is 16.8. The molecule has 120 valence electrons. The van der Waals surface area contributed by atoms with Crippen molar-refractivity contribution in [2.75, 3.05) is 11.9 Å². The van der Waals surface area contributed by atoms with Crippen LogP contribution in [0.3, 0.4) is 0 Å². The molecule has 1 aromatic heterocycles. The average Bonchev–Trinajstić information content (AvgIpc) is 2.50. The molecule has 0 bridgehead atoms. The van der Waals surface area contributed by atoms with Crippen molar-refractivity contribution in [1.82, 2.24) is 4.57 Å². The summed E-state index contributed by atoms with van der Waals surface area (Å²) in [5.74, 6) is -1.09. The summed E-state index contributed by atoms with van der Waals surface area (Å²) in [5.41, 5.74) is 1.22. The normalized spacial score (nSPS) is 10.2. The summed E-state index contributed by atoms with van der Waals surface area (Å²) < 4.78 is 7.00. The van der Waals surface area contributed by atoms with Gasteiger partial charge in [-0.05, 0) is 36.8 Å². The second-order valence-corrected chi connectivity index (χ2v) is 5.75. The molecule has 0 radical (unpaired) electrons. The number of aryl methyl sites for hydroxylation is 1. The number of amides is 1.